The number of hydrogen-bond acceptors (Lipinski definition) is 9. The van der Waals surface area contributed by atoms with Crippen LogP contribution in [0.5, 0.6) is 11.5 Å². The summed E-state index contributed by atoms with van der Waals surface area (Å²) in [5.41, 5.74) is 0.454. The fourth-order valence-electron chi connectivity index (χ4n) is 4.73. The summed E-state index contributed by atoms with van der Waals surface area (Å²) in [6.07, 6.45) is 1.95. The molecule has 0 aliphatic carbocycles. The lowest BCUT2D eigenvalue weighted by molar-refractivity contribution is -0.137. The Balaban J connectivity index is 1.73. The number of methoxy groups -OCH3 is 3. The highest BCUT2D eigenvalue weighted by molar-refractivity contribution is 7.91. The van der Waals surface area contributed by atoms with Crippen LogP contribution >= 0.6 is 0 Å². The molecule has 2 aromatic heterocycles. The molecule has 0 N–H and O–H groups in total. The molecule has 38 heavy (non-hydrogen) atoms. The van der Waals surface area contributed by atoms with Gasteiger partial charge in [-0.05, 0) is 51.0 Å². The van der Waals surface area contributed by atoms with E-state index in [1.165, 1.54) is 14.2 Å². The predicted molar refractivity (Wildman–Crippen MR) is 140 cm³/mol. The molecule has 1 fully saturated rings. The van der Waals surface area contributed by atoms with E-state index in [1.54, 1.807) is 60.8 Å². The number of piperidine rings is 1. The van der Waals surface area contributed by atoms with Gasteiger partial charge in [0.05, 0.1) is 32.1 Å². The molecule has 4 rings (SSSR count). The van der Waals surface area contributed by atoms with Gasteiger partial charge in [0.2, 0.25) is 11.7 Å². The second-order valence-electron chi connectivity index (χ2n) is 9.36. The molecule has 0 unspecified atom stereocenters. The molecular formula is C26H34N4O7S. The van der Waals surface area contributed by atoms with Gasteiger partial charge in [0.1, 0.15) is 28.7 Å². The molecule has 0 radical (unpaired) electrons. The topological polar surface area (TPSA) is 126 Å². The molecule has 1 aliphatic rings. The van der Waals surface area contributed by atoms with E-state index in [2.05, 4.69) is 10.2 Å². The van der Waals surface area contributed by atoms with Crippen molar-refractivity contribution in [3.05, 3.63) is 41.9 Å². The number of likely N-dealkylation sites (tertiary alicyclic amines) is 1. The first-order valence-corrected chi connectivity index (χ1v) is 14.1. The van der Waals surface area contributed by atoms with Crippen LogP contribution in [0.4, 0.5) is 0 Å². The number of sulfone groups is 1. The zero-order chi connectivity index (χ0) is 27.4. The van der Waals surface area contributed by atoms with Gasteiger partial charge in [-0.2, -0.15) is 0 Å². The van der Waals surface area contributed by atoms with E-state index < -0.39 is 20.8 Å². The summed E-state index contributed by atoms with van der Waals surface area (Å²) >= 11 is 0. The first-order chi connectivity index (χ1) is 18.2. The highest BCUT2D eigenvalue weighted by Crippen LogP contribution is 2.37. The molecule has 3 aromatic rings. The van der Waals surface area contributed by atoms with Crippen LogP contribution in [0.3, 0.4) is 0 Å². The number of furan rings is 1. The Morgan fingerprint density at radius 1 is 1.11 bits per heavy atom. The maximum atomic E-state index is 13.7. The van der Waals surface area contributed by atoms with E-state index in [1.807, 2.05) is 0 Å². The Morgan fingerprint density at radius 3 is 2.42 bits per heavy atom. The number of aryl methyl sites for hydroxylation is 1. The molecule has 1 amide bonds. The minimum atomic E-state index is -3.78. The molecule has 2 atom stereocenters. The van der Waals surface area contributed by atoms with Crippen molar-refractivity contribution in [1.29, 1.82) is 0 Å². The highest BCUT2D eigenvalue weighted by atomic mass is 32.2. The maximum Gasteiger partial charge on any atom is 0.222 e. The molecule has 1 aromatic carbocycles. The quantitative estimate of drug-likeness (QED) is 0.356. The van der Waals surface area contributed by atoms with Crippen molar-refractivity contribution in [3.8, 4) is 28.8 Å². The van der Waals surface area contributed by atoms with Gasteiger partial charge in [-0.25, -0.2) is 8.42 Å². The molecular weight excluding hydrogens is 512 g/mol. The number of nitrogens with zero attached hydrogens (tertiary/aromatic N) is 4. The number of rotatable bonds is 11. The number of para-hydroxylation sites is 1. The van der Waals surface area contributed by atoms with Gasteiger partial charge in [0.25, 0.3) is 0 Å². The van der Waals surface area contributed by atoms with Crippen LogP contribution in [-0.4, -0.2) is 79.8 Å². The lowest BCUT2D eigenvalue weighted by Crippen LogP contribution is -2.50. The van der Waals surface area contributed by atoms with Crippen molar-refractivity contribution in [2.45, 2.75) is 50.2 Å². The summed E-state index contributed by atoms with van der Waals surface area (Å²) in [7, 11) is 0.835. The number of ether oxygens (including phenoxy) is 3. The summed E-state index contributed by atoms with van der Waals surface area (Å²) in [6, 6.07) is 8.65. The molecule has 12 heteroatoms. The summed E-state index contributed by atoms with van der Waals surface area (Å²) in [5.74, 6) is 1.98. The number of benzene rings is 1. The number of carbonyl (C=O) groups excluding carboxylic acids is 1. The Kier molecular flexibility index (Phi) is 8.41. The third-order valence-electron chi connectivity index (χ3n) is 6.76. The maximum absolute atomic E-state index is 13.7. The van der Waals surface area contributed by atoms with Gasteiger partial charge in [-0.1, -0.05) is 6.07 Å². The van der Waals surface area contributed by atoms with Crippen LogP contribution in [0.2, 0.25) is 0 Å². The Morgan fingerprint density at radius 2 is 1.82 bits per heavy atom. The van der Waals surface area contributed by atoms with Gasteiger partial charge in [0, 0.05) is 20.1 Å². The van der Waals surface area contributed by atoms with Crippen LogP contribution in [-0.2, 0) is 25.1 Å². The SMILES string of the molecule is COC[C@@H]1CCCC(=O)N1C[C@@H](C)S(=O)(=O)Cc1nnc(-c2ccc(C)o2)n1-c1c(OC)cccc1OC. The first-order valence-electron chi connectivity index (χ1n) is 12.4. The van der Waals surface area contributed by atoms with Crippen molar-refractivity contribution in [1.82, 2.24) is 19.7 Å². The second-order valence-corrected chi connectivity index (χ2v) is 11.8. The van der Waals surface area contributed by atoms with Crippen molar-refractivity contribution in [2.24, 2.45) is 0 Å². The van der Waals surface area contributed by atoms with E-state index in [0.717, 1.165) is 12.8 Å². The Bertz CT molecular complexity index is 1360. The normalized spacial score (nSPS) is 17.0. The van der Waals surface area contributed by atoms with Gasteiger partial charge in [0.15, 0.2) is 21.4 Å². The van der Waals surface area contributed by atoms with Crippen molar-refractivity contribution >= 4 is 15.7 Å². The third-order valence-corrected chi connectivity index (χ3v) is 8.80. The lowest BCUT2D eigenvalue weighted by Gasteiger charge is -2.36. The standard InChI is InChI=1S/C26H34N4O7S/c1-17-12-13-22(37-17)26-28-27-23(30(26)25-20(35-4)9-7-10-21(25)36-5)16-38(32,33)18(2)14-29-19(15-34-3)8-6-11-24(29)31/h7,9-10,12-13,18-19H,6,8,11,14-16H2,1-5H3/t18-,19+/m1/s1. The molecule has 206 valence electrons. The van der Waals surface area contributed by atoms with Crippen LogP contribution in [0, 0.1) is 6.92 Å². The fraction of sp³-hybridized carbons (Fsp3) is 0.500. The van der Waals surface area contributed by atoms with E-state index in [-0.39, 0.29) is 24.3 Å². The predicted octanol–water partition coefficient (Wildman–Crippen LogP) is 3.18. The molecule has 0 saturated carbocycles. The summed E-state index contributed by atoms with van der Waals surface area (Å²) in [5, 5.41) is 7.72. The molecule has 0 bridgehead atoms. The lowest BCUT2D eigenvalue weighted by atomic mass is 10.0. The van der Waals surface area contributed by atoms with E-state index in [4.69, 9.17) is 18.6 Å². The molecule has 3 heterocycles. The van der Waals surface area contributed by atoms with Crippen LogP contribution in [0.15, 0.2) is 34.7 Å². The number of carbonyl (C=O) groups is 1. The zero-order valence-corrected chi connectivity index (χ0v) is 23.2. The Labute approximate surface area is 222 Å². The van der Waals surface area contributed by atoms with Gasteiger partial charge < -0.3 is 23.5 Å². The van der Waals surface area contributed by atoms with Crippen LogP contribution < -0.4 is 9.47 Å². The first kappa shape index (κ1) is 27.6. The van der Waals surface area contributed by atoms with E-state index >= 15 is 0 Å². The average molecular weight is 547 g/mol. The van der Waals surface area contributed by atoms with Gasteiger partial charge in [-0.15, -0.1) is 10.2 Å². The summed E-state index contributed by atoms with van der Waals surface area (Å²) in [6.45, 7) is 3.86. The van der Waals surface area contributed by atoms with Crippen molar-refractivity contribution in [2.75, 3.05) is 34.5 Å². The second kappa shape index (κ2) is 11.6. The Hall–Kier alpha value is -3.38. The van der Waals surface area contributed by atoms with Gasteiger partial charge in [-0.3, -0.25) is 9.36 Å². The largest absolute Gasteiger partial charge is 0.494 e. The smallest absolute Gasteiger partial charge is 0.222 e. The zero-order valence-electron chi connectivity index (χ0n) is 22.3. The fourth-order valence-corrected chi connectivity index (χ4v) is 5.95. The number of amides is 1. The molecule has 1 aliphatic heterocycles. The third kappa shape index (κ3) is 5.56. The summed E-state index contributed by atoms with van der Waals surface area (Å²) < 4.78 is 51.2. The molecule has 1 saturated heterocycles. The number of aromatic nitrogens is 3. The number of hydrogen-bond donors (Lipinski definition) is 0. The van der Waals surface area contributed by atoms with Crippen molar-refractivity contribution in [3.63, 3.8) is 0 Å². The van der Waals surface area contributed by atoms with Gasteiger partial charge >= 0.3 is 0 Å². The van der Waals surface area contributed by atoms with E-state index in [9.17, 15) is 13.2 Å². The van der Waals surface area contributed by atoms with Crippen LogP contribution in [0.1, 0.15) is 37.8 Å². The minimum absolute atomic E-state index is 0.0576. The average Bonchev–Trinajstić information content (AvgIpc) is 3.50. The molecule has 11 nitrogen and oxygen atoms in total. The summed E-state index contributed by atoms with van der Waals surface area (Å²) in [4.78, 5) is 14.3. The minimum Gasteiger partial charge on any atom is -0.494 e. The molecule has 0 spiro atoms. The van der Waals surface area contributed by atoms with Crippen LogP contribution in [0.25, 0.3) is 17.3 Å². The van der Waals surface area contributed by atoms with Crippen molar-refractivity contribution < 1.29 is 31.8 Å². The monoisotopic (exact) mass is 546 g/mol. The van der Waals surface area contributed by atoms with E-state index in [0.29, 0.717) is 47.6 Å². The highest BCUT2D eigenvalue weighted by Gasteiger charge is 2.34.